The first-order chi connectivity index (χ1) is 17.3. The zero-order valence-corrected chi connectivity index (χ0v) is 21.2. The van der Waals surface area contributed by atoms with Crippen LogP contribution in [-0.2, 0) is 28.8 Å². The van der Waals surface area contributed by atoms with E-state index < -0.39 is 79.1 Å². The van der Waals surface area contributed by atoms with Gasteiger partial charge < -0.3 is 48.5 Å². The van der Waals surface area contributed by atoms with Gasteiger partial charge in [0.25, 0.3) is 0 Å². The number of carboxylic acid groups (broad SMARTS) is 3. The quantitative estimate of drug-likeness (QED) is 0.0441. The summed E-state index contributed by atoms with van der Waals surface area (Å²) < 4.78 is 0. The Morgan fingerprint density at radius 3 is 1.89 bits per heavy atom. The van der Waals surface area contributed by atoms with Gasteiger partial charge in [-0.05, 0) is 37.7 Å². The first-order valence-corrected chi connectivity index (χ1v) is 12.5. The van der Waals surface area contributed by atoms with Crippen LogP contribution in [0.25, 0.3) is 0 Å². The van der Waals surface area contributed by atoms with E-state index in [9.17, 15) is 33.9 Å². The molecule has 0 saturated carbocycles. The molecular weight excluding hydrogens is 514 g/mol. The monoisotopic (exact) mass is 549 g/mol. The number of aliphatic carboxylic acids is 3. The van der Waals surface area contributed by atoms with Crippen LogP contribution in [0.4, 0.5) is 0 Å². The minimum Gasteiger partial charge on any atom is -0.481 e. The second-order valence-electron chi connectivity index (χ2n) is 7.89. The van der Waals surface area contributed by atoms with Crippen molar-refractivity contribution in [1.29, 1.82) is 0 Å². The third kappa shape index (κ3) is 15.2. The van der Waals surface area contributed by atoms with E-state index in [1.807, 2.05) is 0 Å². The predicted octanol–water partition coefficient (Wildman–Crippen LogP) is -3.00. The molecule has 0 radical (unpaired) electrons. The number of carbonyl (C=O) groups excluding carboxylic acids is 3. The first-order valence-electron chi connectivity index (χ1n) is 11.2. The minimum atomic E-state index is -1.65. The molecule has 0 heterocycles. The third-order valence-corrected chi connectivity index (χ3v) is 5.47. The number of hydrogen-bond donors (Lipinski definition) is 9. The number of carbonyl (C=O) groups is 6. The highest BCUT2D eigenvalue weighted by Crippen LogP contribution is 2.06. The largest absolute Gasteiger partial charge is 0.481 e. The fourth-order valence-electron chi connectivity index (χ4n) is 2.89. The molecule has 0 aliphatic heterocycles. The van der Waals surface area contributed by atoms with Crippen LogP contribution in [0.3, 0.4) is 0 Å². The number of carboxylic acids is 3. The normalized spacial score (nSPS) is 13.8. The molecular formula is C20H35N7O9S. The van der Waals surface area contributed by atoms with Gasteiger partial charge in [0.1, 0.15) is 18.1 Å². The highest BCUT2D eigenvalue weighted by Gasteiger charge is 2.31. The average molecular weight is 550 g/mol. The zero-order chi connectivity index (χ0) is 28.5. The van der Waals surface area contributed by atoms with Gasteiger partial charge in [0.05, 0.1) is 12.5 Å². The summed E-state index contributed by atoms with van der Waals surface area (Å²) in [7, 11) is 0. The van der Waals surface area contributed by atoms with Gasteiger partial charge in [0.2, 0.25) is 17.7 Å². The van der Waals surface area contributed by atoms with E-state index in [4.69, 9.17) is 27.4 Å². The van der Waals surface area contributed by atoms with E-state index in [0.29, 0.717) is 12.2 Å². The fourth-order valence-corrected chi connectivity index (χ4v) is 3.36. The number of nitrogens with zero attached hydrogens (tertiary/aromatic N) is 1. The Morgan fingerprint density at radius 1 is 0.811 bits per heavy atom. The summed E-state index contributed by atoms with van der Waals surface area (Å²) in [5.41, 5.74) is 16.2. The standard InChI is InChI=1S/C20H35N7O9S/c1-37-8-6-12(19(35)36)26-17(33)11(4-5-14(28)29)25-18(34)13(9-15(30)31)27-16(32)10(21)3-2-7-24-20(22)23/h10-13H,2-9,21H2,1H3,(H,25,34)(H,26,33)(H,27,32)(H,28,29)(H,30,31)(H,35,36)(H4,22,23,24). The number of amides is 3. The molecule has 0 fully saturated rings. The summed E-state index contributed by atoms with van der Waals surface area (Å²) >= 11 is 1.35. The molecule has 17 heteroatoms. The van der Waals surface area contributed by atoms with Gasteiger partial charge in [0, 0.05) is 13.0 Å². The number of thioether (sulfide) groups is 1. The van der Waals surface area contributed by atoms with Crippen LogP contribution in [0.1, 0.15) is 38.5 Å². The molecule has 0 saturated heterocycles. The smallest absolute Gasteiger partial charge is 0.326 e. The third-order valence-electron chi connectivity index (χ3n) is 4.82. The number of nitrogens with one attached hydrogen (secondary N) is 3. The summed E-state index contributed by atoms with van der Waals surface area (Å²) in [5, 5.41) is 34.1. The van der Waals surface area contributed by atoms with Gasteiger partial charge in [-0.2, -0.15) is 11.8 Å². The van der Waals surface area contributed by atoms with Crippen molar-refractivity contribution >= 4 is 53.4 Å². The molecule has 0 spiro atoms. The Hall–Kier alpha value is -3.60. The van der Waals surface area contributed by atoms with Crippen molar-refractivity contribution < 1.29 is 44.1 Å². The Labute approximate surface area is 217 Å². The van der Waals surface area contributed by atoms with Crippen molar-refractivity contribution in [2.75, 3.05) is 18.6 Å². The van der Waals surface area contributed by atoms with E-state index in [1.165, 1.54) is 11.8 Å². The van der Waals surface area contributed by atoms with Crippen LogP contribution in [0.2, 0.25) is 0 Å². The first kappa shape index (κ1) is 33.4. The average Bonchev–Trinajstić information content (AvgIpc) is 2.80. The van der Waals surface area contributed by atoms with Crippen LogP contribution in [0, 0.1) is 0 Å². The van der Waals surface area contributed by atoms with Crippen LogP contribution in [0.5, 0.6) is 0 Å². The maximum absolute atomic E-state index is 12.8. The van der Waals surface area contributed by atoms with Crippen LogP contribution < -0.4 is 33.2 Å². The molecule has 4 unspecified atom stereocenters. The maximum Gasteiger partial charge on any atom is 0.326 e. The van der Waals surface area contributed by atoms with Gasteiger partial charge in [-0.15, -0.1) is 0 Å². The molecule has 0 aromatic heterocycles. The Bertz CT molecular complexity index is 852. The number of hydrogen-bond acceptors (Lipinski definition) is 9. The van der Waals surface area contributed by atoms with E-state index in [0.717, 1.165) is 0 Å². The molecule has 3 amide bonds. The Balaban J connectivity index is 5.47. The van der Waals surface area contributed by atoms with Crippen molar-refractivity contribution in [2.24, 2.45) is 22.2 Å². The van der Waals surface area contributed by atoms with E-state index in [2.05, 4.69) is 20.9 Å². The summed E-state index contributed by atoms with van der Waals surface area (Å²) in [6, 6.07) is -5.59. The molecule has 210 valence electrons. The molecule has 0 aliphatic carbocycles. The van der Waals surface area contributed by atoms with E-state index >= 15 is 0 Å². The highest BCUT2D eigenvalue weighted by atomic mass is 32.2. The van der Waals surface area contributed by atoms with Gasteiger partial charge >= 0.3 is 17.9 Å². The number of nitrogens with two attached hydrogens (primary N) is 3. The lowest BCUT2D eigenvalue weighted by Gasteiger charge is -2.24. The Morgan fingerprint density at radius 2 is 1.38 bits per heavy atom. The SMILES string of the molecule is CSCCC(NC(=O)C(CCC(=O)O)NC(=O)C(CC(=O)O)NC(=O)C(N)CCCN=C(N)N)C(=O)O. The lowest BCUT2D eigenvalue weighted by Crippen LogP contribution is -2.57. The molecule has 37 heavy (non-hydrogen) atoms. The second-order valence-corrected chi connectivity index (χ2v) is 8.87. The molecule has 4 atom stereocenters. The zero-order valence-electron chi connectivity index (χ0n) is 20.3. The molecule has 0 aromatic rings. The summed E-state index contributed by atoms with van der Waals surface area (Å²) in [4.78, 5) is 75.4. The van der Waals surface area contributed by atoms with Crippen molar-refractivity contribution in [3.63, 3.8) is 0 Å². The van der Waals surface area contributed by atoms with E-state index in [-0.39, 0.29) is 25.3 Å². The Kier molecular flexibility index (Phi) is 16.0. The molecule has 0 bridgehead atoms. The second kappa shape index (κ2) is 17.8. The molecule has 12 N–H and O–H groups in total. The van der Waals surface area contributed by atoms with Crippen molar-refractivity contribution in [2.45, 2.75) is 62.7 Å². The summed E-state index contributed by atoms with van der Waals surface area (Å²) in [5.74, 6) is -6.71. The molecule has 0 rings (SSSR count). The fraction of sp³-hybridized carbons (Fsp3) is 0.650. The molecule has 0 aromatic carbocycles. The van der Waals surface area contributed by atoms with Crippen molar-refractivity contribution in [1.82, 2.24) is 16.0 Å². The number of guanidine groups is 1. The van der Waals surface area contributed by atoms with E-state index in [1.54, 1.807) is 6.26 Å². The topological polar surface area (TPSA) is 290 Å². The van der Waals surface area contributed by atoms with Gasteiger partial charge in [-0.1, -0.05) is 0 Å². The summed E-state index contributed by atoms with van der Waals surface area (Å²) in [6.07, 6.45) is 0.402. The maximum atomic E-state index is 12.8. The van der Waals surface area contributed by atoms with Crippen molar-refractivity contribution in [3.05, 3.63) is 0 Å². The van der Waals surface area contributed by atoms with Crippen LogP contribution in [0.15, 0.2) is 4.99 Å². The lowest BCUT2D eigenvalue weighted by molar-refractivity contribution is -0.143. The van der Waals surface area contributed by atoms with Crippen LogP contribution in [-0.4, -0.2) is 99.6 Å². The summed E-state index contributed by atoms with van der Waals surface area (Å²) in [6.45, 7) is 0.191. The molecule has 0 aliphatic rings. The highest BCUT2D eigenvalue weighted by molar-refractivity contribution is 7.98. The van der Waals surface area contributed by atoms with Crippen molar-refractivity contribution in [3.8, 4) is 0 Å². The van der Waals surface area contributed by atoms with Gasteiger partial charge in [-0.25, -0.2) is 4.79 Å². The van der Waals surface area contributed by atoms with Gasteiger partial charge in [-0.3, -0.25) is 29.0 Å². The molecule has 16 nitrogen and oxygen atoms in total. The van der Waals surface area contributed by atoms with Crippen LogP contribution >= 0.6 is 11.8 Å². The lowest BCUT2D eigenvalue weighted by atomic mass is 10.1. The minimum absolute atomic E-state index is 0.0700. The number of aliphatic imine (C=N–C) groups is 1. The van der Waals surface area contributed by atoms with Gasteiger partial charge in [0.15, 0.2) is 5.96 Å². The predicted molar refractivity (Wildman–Crippen MR) is 133 cm³/mol. The number of rotatable bonds is 19.